The number of nitro benzene ring substituents is 1. The highest BCUT2D eigenvalue weighted by Crippen LogP contribution is 2.36. The maximum Gasteiger partial charge on any atom is 0.296 e. The van der Waals surface area contributed by atoms with Crippen molar-refractivity contribution in [1.29, 1.82) is 0 Å². The van der Waals surface area contributed by atoms with Crippen LogP contribution in [0.25, 0.3) is 11.2 Å². The minimum absolute atomic E-state index is 0.0288. The summed E-state index contributed by atoms with van der Waals surface area (Å²) in [4.78, 5) is 45.1. The summed E-state index contributed by atoms with van der Waals surface area (Å²) >= 11 is 0. The minimum Gasteiger partial charge on any atom is -0.491 e. The molecule has 15 heteroatoms. The molecular formula is C28H31N9O6. The van der Waals surface area contributed by atoms with Crippen molar-refractivity contribution in [3.63, 3.8) is 0 Å². The Hall–Kier alpha value is -5.31. The molecule has 0 bridgehead atoms. The molecule has 5 rings (SSSR count). The largest absolute Gasteiger partial charge is 0.491 e. The van der Waals surface area contributed by atoms with Crippen molar-refractivity contribution in [2.24, 2.45) is 11.7 Å². The van der Waals surface area contributed by atoms with Crippen molar-refractivity contribution in [1.82, 2.24) is 24.3 Å². The number of pyridine rings is 1. The number of amides is 2. The van der Waals surface area contributed by atoms with Crippen molar-refractivity contribution >= 4 is 40.3 Å². The lowest BCUT2D eigenvalue weighted by Gasteiger charge is -2.26. The number of hydrogen-bond donors (Lipinski definition) is 3. The Kier molecular flexibility index (Phi) is 8.61. The van der Waals surface area contributed by atoms with E-state index in [0.29, 0.717) is 49.1 Å². The number of nitrogens with zero attached hydrogens (tertiary/aromatic N) is 6. The summed E-state index contributed by atoms with van der Waals surface area (Å²) in [7, 11) is 0. The summed E-state index contributed by atoms with van der Waals surface area (Å²) in [5, 5.41) is 22.1. The van der Waals surface area contributed by atoms with Gasteiger partial charge in [-0.3, -0.25) is 34.3 Å². The average Bonchev–Trinajstić information content (AvgIpc) is 3.51. The number of ether oxygens (including phenoxy) is 2. The van der Waals surface area contributed by atoms with Crippen LogP contribution < -0.4 is 21.1 Å². The van der Waals surface area contributed by atoms with E-state index in [-0.39, 0.29) is 47.7 Å². The van der Waals surface area contributed by atoms with Crippen LogP contribution in [0.1, 0.15) is 33.5 Å². The standard InChI is InChI=1S/C28H31N9O6/c1-3-36-22(11-17(2)34-36)27(39)33-28-32-20-7-6-9-31-26(20)35(28)10-5-4-8-30-24-21(37(40)41)12-19(25(29)38)13-23(24)43-16-18-14-42-15-18/h4-7,9,11-13,18,30H,3,8,10,14-16H2,1-2H3,(H2,29,38)(H,32,33,39). The molecule has 2 amide bonds. The number of aryl methyl sites for hydroxylation is 2. The van der Waals surface area contributed by atoms with Gasteiger partial charge in [0.15, 0.2) is 11.3 Å². The first-order valence-electron chi connectivity index (χ1n) is 13.6. The Bertz CT molecular complexity index is 1710. The first-order chi connectivity index (χ1) is 20.7. The second-order valence-electron chi connectivity index (χ2n) is 9.89. The normalized spacial score (nSPS) is 13.3. The SMILES string of the molecule is CCn1nc(C)cc1C(=O)Nc1nc2cccnc2n1CC=CCNc1c(OCC2COC2)cc(C(N)=O)cc1[N+](=O)[O-]. The van der Waals surface area contributed by atoms with Crippen molar-refractivity contribution in [3.8, 4) is 5.75 Å². The van der Waals surface area contributed by atoms with Crippen LogP contribution in [0.3, 0.4) is 0 Å². The molecule has 0 unspecified atom stereocenters. The van der Waals surface area contributed by atoms with E-state index >= 15 is 0 Å². The highest BCUT2D eigenvalue weighted by Gasteiger charge is 2.25. The molecule has 0 saturated carbocycles. The zero-order chi connectivity index (χ0) is 30.5. The van der Waals surface area contributed by atoms with Crippen LogP contribution in [-0.4, -0.2) is 67.4 Å². The number of rotatable bonds is 13. The molecule has 1 saturated heterocycles. The van der Waals surface area contributed by atoms with Gasteiger partial charge in [-0.15, -0.1) is 0 Å². The molecule has 1 fully saturated rings. The van der Waals surface area contributed by atoms with Gasteiger partial charge in [-0.25, -0.2) is 9.97 Å². The van der Waals surface area contributed by atoms with Crippen LogP contribution in [0, 0.1) is 23.0 Å². The number of carbonyl (C=O) groups excluding carboxylic acids is 2. The van der Waals surface area contributed by atoms with Crippen molar-refractivity contribution < 1.29 is 24.0 Å². The fraction of sp³-hybridized carbons (Fsp3) is 0.321. The number of fused-ring (bicyclic) bond motifs is 1. The van der Waals surface area contributed by atoms with Crippen molar-refractivity contribution in [2.75, 3.05) is 37.0 Å². The van der Waals surface area contributed by atoms with E-state index in [1.807, 2.05) is 19.9 Å². The third kappa shape index (κ3) is 6.46. The van der Waals surface area contributed by atoms with Gasteiger partial charge in [0.25, 0.3) is 11.6 Å². The van der Waals surface area contributed by atoms with Gasteiger partial charge in [-0.1, -0.05) is 12.2 Å². The quantitative estimate of drug-likeness (QED) is 0.119. The number of allylic oxidation sites excluding steroid dienone is 1. The number of nitrogens with one attached hydrogen (secondary N) is 2. The molecule has 1 aliphatic rings. The number of nitro groups is 1. The van der Waals surface area contributed by atoms with Gasteiger partial charge in [0, 0.05) is 43.4 Å². The van der Waals surface area contributed by atoms with Gasteiger partial charge in [-0.2, -0.15) is 5.10 Å². The maximum atomic E-state index is 13.1. The molecule has 43 heavy (non-hydrogen) atoms. The third-order valence-electron chi connectivity index (χ3n) is 6.76. The van der Waals surface area contributed by atoms with Gasteiger partial charge >= 0.3 is 0 Å². The van der Waals surface area contributed by atoms with Gasteiger partial charge in [-0.05, 0) is 38.1 Å². The van der Waals surface area contributed by atoms with Crippen LogP contribution in [0.15, 0.2) is 48.7 Å². The lowest BCUT2D eigenvalue weighted by molar-refractivity contribution is -0.384. The van der Waals surface area contributed by atoms with E-state index in [1.165, 1.54) is 6.07 Å². The lowest BCUT2D eigenvalue weighted by atomic mass is 10.1. The molecule has 4 N–H and O–H groups in total. The number of imidazole rings is 1. The smallest absolute Gasteiger partial charge is 0.296 e. The van der Waals surface area contributed by atoms with E-state index in [1.54, 1.807) is 39.7 Å². The maximum absolute atomic E-state index is 13.1. The van der Waals surface area contributed by atoms with Crippen LogP contribution in [0.4, 0.5) is 17.3 Å². The Morgan fingerprint density at radius 1 is 1.28 bits per heavy atom. The molecule has 1 aromatic carbocycles. The number of nitrogens with two attached hydrogens (primary N) is 1. The summed E-state index contributed by atoms with van der Waals surface area (Å²) in [6.45, 7) is 6.09. The van der Waals surface area contributed by atoms with E-state index in [0.717, 1.165) is 11.8 Å². The Morgan fingerprint density at radius 3 is 2.79 bits per heavy atom. The minimum atomic E-state index is -0.801. The molecule has 0 atom stereocenters. The second kappa shape index (κ2) is 12.7. The van der Waals surface area contributed by atoms with Gasteiger partial charge in [0.05, 0.1) is 30.4 Å². The molecule has 1 aliphatic heterocycles. The first-order valence-corrected chi connectivity index (χ1v) is 13.6. The molecule has 0 aliphatic carbocycles. The van der Waals surface area contributed by atoms with Crippen LogP contribution in [0.2, 0.25) is 0 Å². The fourth-order valence-corrected chi connectivity index (χ4v) is 4.55. The Morgan fingerprint density at radius 2 is 2.09 bits per heavy atom. The second-order valence-corrected chi connectivity index (χ2v) is 9.89. The van der Waals surface area contributed by atoms with Gasteiger partial charge in [0.2, 0.25) is 11.9 Å². The highest BCUT2D eigenvalue weighted by atomic mass is 16.6. The topological polar surface area (TPSA) is 194 Å². The number of aromatic nitrogens is 5. The lowest BCUT2D eigenvalue weighted by Crippen LogP contribution is -2.32. The third-order valence-corrected chi connectivity index (χ3v) is 6.76. The molecule has 0 radical (unpaired) electrons. The van der Waals surface area contributed by atoms with Crippen molar-refractivity contribution in [2.45, 2.75) is 26.9 Å². The molecule has 4 heterocycles. The summed E-state index contributed by atoms with van der Waals surface area (Å²) in [6, 6.07) is 7.78. The number of anilines is 2. The van der Waals surface area contributed by atoms with E-state index in [2.05, 4.69) is 25.7 Å². The Balaban J connectivity index is 1.33. The van der Waals surface area contributed by atoms with E-state index < -0.39 is 10.8 Å². The molecule has 224 valence electrons. The predicted molar refractivity (Wildman–Crippen MR) is 157 cm³/mol. The van der Waals surface area contributed by atoms with Crippen LogP contribution in [-0.2, 0) is 17.8 Å². The number of primary amides is 1. The molecular weight excluding hydrogens is 558 g/mol. The summed E-state index contributed by atoms with van der Waals surface area (Å²) < 4.78 is 14.4. The highest BCUT2D eigenvalue weighted by molar-refractivity contribution is 6.03. The fourth-order valence-electron chi connectivity index (χ4n) is 4.55. The predicted octanol–water partition coefficient (Wildman–Crippen LogP) is 2.91. The zero-order valence-electron chi connectivity index (χ0n) is 23.6. The van der Waals surface area contributed by atoms with Crippen LogP contribution >= 0.6 is 0 Å². The molecule has 4 aromatic rings. The van der Waals surface area contributed by atoms with Crippen LogP contribution in [0.5, 0.6) is 5.75 Å². The summed E-state index contributed by atoms with van der Waals surface area (Å²) in [5.74, 6) is -0.531. The van der Waals surface area contributed by atoms with Gasteiger partial charge < -0.3 is 20.5 Å². The van der Waals surface area contributed by atoms with E-state index in [4.69, 9.17) is 15.2 Å². The first kappa shape index (κ1) is 29.2. The summed E-state index contributed by atoms with van der Waals surface area (Å²) in [6.07, 6.45) is 5.22. The number of carbonyl (C=O) groups is 2. The number of benzene rings is 1. The summed E-state index contributed by atoms with van der Waals surface area (Å²) in [5.41, 5.74) is 7.49. The van der Waals surface area contributed by atoms with E-state index in [9.17, 15) is 19.7 Å². The molecule has 0 spiro atoms. The van der Waals surface area contributed by atoms with Gasteiger partial charge in [0.1, 0.15) is 17.0 Å². The Labute approximate surface area is 245 Å². The monoisotopic (exact) mass is 589 g/mol. The molecule has 15 nitrogen and oxygen atoms in total. The average molecular weight is 590 g/mol. The molecule has 3 aromatic heterocycles. The number of hydrogen-bond acceptors (Lipinski definition) is 10. The zero-order valence-corrected chi connectivity index (χ0v) is 23.6. The van der Waals surface area contributed by atoms with Crippen molar-refractivity contribution in [3.05, 3.63) is 75.7 Å².